The van der Waals surface area contributed by atoms with Crippen molar-refractivity contribution in [3.8, 4) is 22.5 Å². The zero-order valence-corrected chi connectivity index (χ0v) is 16.6. The number of carbonyl (C=O) groups excluding carboxylic acids is 1. The van der Waals surface area contributed by atoms with Gasteiger partial charge in [0.15, 0.2) is 5.16 Å². The summed E-state index contributed by atoms with van der Waals surface area (Å²) in [7, 11) is 0. The van der Waals surface area contributed by atoms with Crippen molar-refractivity contribution in [3.05, 3.63) is 66.7 Å². The summed E-state index contributed by atoms with van der Waals surface area (Å²) in [6.45, 7) is 1.81. The summed E-state index contributed by atoms with van der Waals surface area (Å²) >= 11 is 1.56. The minimum absolute atomic E-state index is 0.243. The van der Waals surface area contributed by atoms with Gasteiger partial charge in [-0.15, -0.1) is 0 Å². The van der Waals surface area contributed by atoms with Crippen LogP contribution in [0.5, 0.6) is 0 Å². The number of hydrogen-bond acceptors (Lipinski definition) is 4. The van der Waals surface area contributed by atoms with Gasteiger partial charge in [0, 0.05) is 36.4 Å². The molecule has 1 aromatic heterocycles. The van der Waals surface area contributed by atoms with Gasteiger partial charge in [0.05, 0.1) is 11.4 Å². The Morgan fingerprint density at radius 1 is 0.857 bits per heavy atom. The minimum Gasteiger partial charge on any atom is -0.343 e. The smallest absolute Gasteiger partial charge is 0.223 e. The highest BCUT2D eigenvalue weighted by Gasteiger charge is 2.17. The molecule has 1 fully saturated rings. The first-order valence-corrected chi connectivity index (χ1v) is 10.7. The van der Waals surface area contributed by atoms with Crippen LogP contribution < -0.4 is 0 Å². The number of thioether (sulfide) groups is 1. The zero-order valence-electron chi connectivity index (χ0n) is 15.8. The van der Waals surface area contributed by atoms with Crippen molar-refractivity contribution in [2.75, 3.05) is 18.8 Å². The molecule has 3 aromatic rings. The van der Waals surface area contributed by atoms with E-state index in [1.165, 1.54) is 0 Å². The highest BCUT2D eigenvalue weighted by molar-refractivity contribution is 7.99. The average Bonchev–Trinajstić information content (AvgIpc) is 3.30. The van der Waals surface area contributed by atoms with Crippen molar-refractivity contribution in [1.29, 1.82) is 0 Å². The third-order valence-corrected chi connectivity index (χ3v) is 5.70. The topological polar surface area (TPSA) is 46.1 Å². The molecule has 2 heterocycles. The van der Waals surface area contributed by atoms with E-state index < -0.39 is 0 Å². The summed E-state index contributed by atoms with van der Waals surface area (Å²) in [5, 5.41) is 0.717. The van der Waals surface area contributed by atoms with Gasteiger partial charge in [0.2, 0.25) is 5.91 Å². The van der Waals surface area contributed by atoms with Gasteiger partial charge < -0.3 is 4.90 Å². The molecule has 0 saturated carbocycles. The molecule has 0 N–H and O–H groups in total. The quantitative estimate of drug-likeness (QED) is 0.444. The maximum absolute atomic E-state index is 12.3. The molecular weight excluding hydrogens is 366 g/mol. The van der Waals surface area contributed by atoms with Crippen LogP contribution in [-0.4, -0.2) is 39.6 Å². The number of benzene rings is 2. The molecule has 1 aliphatic rings. The van der Waals surface area contributed by atoms with Crippen LogP contribution in [0.2, 0.25) is 0 Å². The number of amides is 1. The lowest BCUT2D eigenvalue weighted by Gasteiger charge is -2.14. The van der Waals surface area contributed by atoms with E-state index in [9.17, 15) is 4.79 Å². The second kappa shape index (κ2) is 9.02. The lowest BCUT2D eigenvalue weighted by atomic mass is 10.1. The largest absolute Gasteiger partial charge is 0.343 e. The summed E-state index contributed by atoms with van der Waals surface area (Å²) in [4.78, 5) is 23.8. The molecule has 0 aliphatic carbocycles. The van der Waals surface area contributed by atoms with E-state index >= 15 is 0 Å². The van der Waals surface area contributed by atoms with Gasteiger partial charge in [-0.05, 0) is 18.9 Å². The lowest BCUT2D eigenvalue weighted by molar-refractivity contribution is -0.129. The first-order valence-electron chi connectivity index (χ1n) is 9.70. The Morgan fingerprint density at radius 3 is 1.93 bits per heavy atom. The molecule has 1 saturated heterocycles. The highest BCUT2D eigenvalue weighted by atomic mass is 32.2. The summed E-state index contributed by atoms with van der Waals surface area (Å²) in [6.07, 6.45) is 2.79. The molecule has 2 aromatic carbocycles. The van der Waals surface area contributed by atoms with E-state index in [2.05, 4.69) is 24.3 Å². The molecule has 1 amide bonds. The van der Waals surface area contributed by atoms with Crippen molar-refractivity contribution in [3.63, 3.8) is 0 Å². The molecule has 28 heavy (non-hydrogen) atoms. The normalized spacial score (nSPS) is 13.6. The van der Waals surface area contributed by atoms with Crippen LogP contribution in [0, 0.1) is 0 Å². The van der Waals surface area contributed by atoms with Crippen molar-refractivity contribution in [2.24, 2.45) is 0 Å². The first-order chi connectivity index (χ1) is 13.8. The number of nitrogens with zero attached hydrogens (tertiary/aromatic N) is 3. The fourth-order valence-electron chi connectivity index (χ4n) is 3.36. The van der Waals surface area contributed by atoms with Crippen LogP contribution >= 0.6 is 11.8 Å². The van der Waals surface area contributed by atoms with Gasteiger partial charge in [0.25, 0.3) is 0 Å². The van der Waals surface area contributed by atoms with Gasteiger partial charge in [0.1, 0.15) is 0 Å². The standard InChI is InChI=1S/C23H23N3OS/c27-22(26-14-7-8-15-26)13-16-28-23-24-20(18-9-3-1-4-10-18)17-21(25-23)19-11-5-2-6-12-19/h1-6,9-12,17H,7-8,13-16H2. The van der Waals surface area contributed by atoms with Crippen molar-refractivity contribution >= 4 is 17.7 Å². The van der Waals surface area contributed by atoms with E-state index in [0.29, 0.717) is 12.2 Å². The number of rotatable bonds is 6. The summed E-state index contributed by atoms with van der Waals surface area (Å²) < 4.78 is 0. The number of aromatic nitrogens is 2. The van der Waals surface area contributed by atoms with E-state index in [1.807, 2.05) is 47.4 Å². The fraction of sp³-hybridized carbons (Fsp3) is 0.261. The number of carbonyl (C=O) groups is 1. The molecule has 5 heteroatoms. The van der Waals surface area contributed by atoms with Crippen LogP contribution in [0.15, 0.2) is 71.9 Å². The maximum atomic E-state index is 12.3. The molecule has 142 valence electrons. The Hall–Kier alpha value is -2.66. The molecule has 4 nitrogen and oxygen atoms in total. The Balaban J connectivity index is 1.54. The van der Waals surface area contributed by atoms with Crippen molar-refractivity contribution in [2.45, 2.75) is 24.4 Å². The molecule has 0 bridgehead atoms. The predicted octanol–water partition coefficient (Wildman–Crippen LogP) is 4.92. The van der Waals surface area contributed by atoms with E-state index in [4.69, 9.17) is 9.97 Å². The van der Waals surface area contributed by atoms with Gasteiger partial charge in [-0.3, -0.25) is 4.79 Å². The third-order valence-electron chi connectivity index (χ3n) is 4.85. The SMILES string of the molecule is O=C(CCSc1nc(-c2ccccc2)cc(-c2ccccc2)n1)N1CCCC1. The van der Waals surface area contributed by atoms with Crippen LogP contribution in [-0.2, 0) is 4.79 Å². The molecule has 4 rings (SSSR count). The zero-order chi connectivity index (χ0) is 19.2. The molecular formula is C23H23N3OS. The van der Waals surface area contributed by atoms with Crippen LogP contribution in [0.1, 0.15) is 19.3 Å². The highest BCUT2D eigenvalue weighted by Crippen LogP contribution is 2.27. The van der Waals surface area contributed by atoms with Crippen molar-refractivity contribution < 1.29 is 4.79 Å². The molecule has 0 radical (unpaired) electrons. The van der Waals surface area contributed by atoms with Crippen LogP contribution in [0.25, 0.3) is 22.5 Å². The summed E-state index contributed by atoms with van der Waals surface area (Å²) in [5.41, 5.74) is 3.94. The minimum atomic E-state index is 0.243. The average molecular weight is 390 g/mol. The van der Waals surface area contributed by atoms with Gasteiger partial charge in [-0.25, -0.2) is 9.97 Å². The molecule has 0 unspecified atom stereocenters. The second-order valence-corrected chi connectivity index (χ2v) is 7.90. The van der Waals surface area contributed by atoms with Gasteiger partial charge >= 0.3 is 0 Å². The number of hydrogen-bond donors (Lipinski definition) is 0. The monoisotopic (exact) mass is 389 g/mol. The molecule has 0 spiro atoms. The second-order valence-electron chi connectivity index (χ2n) is 6.84. The van der Waals surface area contributed by atoms with E-state index in [-0.39, 0.29) is 5.91 Å². The first kappa shape index (κ1) is 18.7. The Labute approximate surface area is 170 Å². The number of likely N-dealkylation sites (tertiary alicyclic amines) is 1. The molecule has 1 aliphatic heterocycles. The Kier molecular flexibility index (Phi) is 6.02. The molecule has 0 atom stereocenters. The Bertz CT molecular complexity index is 867. The van der Waals surface area contributed by atoms with Gasteiger partial charge in [-0.1, -0.05) is 72.4 Å². The van der Waals surface area contributed by atoms with Crippen molar-refractivity contribution in [1.82, 2.24) is 14.9 Å². The third kappa shape index (κ3) is 4.60. The van der Waals surface area contributed by atoms with E-state index in [0.717, 1.165) is 53.6 Å². The summed E-state index contributed by atoms with van der Waals surface area (Å²) in [6, 6.07) is 22.3. The van der Waals surface area contributed by atoms with E-state index in [1.54, 1.807) is 11.8 Å². The lowest BCUT2D eigenvalue weighted by Crippen LogP contribution is -2.27. The van der Waals surface area contributed by atoms with Gasteiger partial charge in [-0.2, -0.15) is 0 Å². The Morgan fingerprint density at radius 2 is 1.39 bits per heavy atom. The van der Waals surface area contributed by atoms with Crippen LogP contribution in [0.3, 0.4) is 0 Å². The fourth-order valence-corrected chi connectivity index (χ4v) is 4.14. The maximum Gasteiger partial charge on any atom is 0.223 e. The van der Waals surface area contributed by atoms with Crippen LogP contribution in [0.4, 0.5) is 0 Å². The predicted molar refractivity (Wildman–Crippen MR) is 114 cm³/mol. The summed E-state index contributed by atoms with van der Waals surface area (Å²) in [5.74, 6) is 0.939.